The Balaban J connectivity index is 1.95. The lowest BCUT2D eigenvalue weighted by Crippen LogP contribution is -2.43. The summed E-state index contributed by atoms with van der Waals surface area (Å²) in [4.78, 5) is 12.5. The molecule has 122 valence electrons. The Morgan fingerprint density at radius 2 is 1.81 bits per heavy atom. The first-order valence-electron chi connectivity index (χ1n) is 8.02. The van der Waals surface area contributed by atoms with E-state index in [0.29, 0.717) is 32.4 Å². The normalized spacial score (nSPS) is 28.0. The van der Waals surface area contributed by atoms with E-state index in [-0.39, 0.29) is 11.7 Å². The highest BCUT2D eigenvalue weighted by Crippen LogP contribution is 2.31. The van der Waals surface area contributed by atoms with Gasteiger partial charge < -0.3 is 5.11 Å². The molecule has 1 unspecified atom stereocenters. The Morgan fingerprint density at radius 1 is 1.19 bits per heavy atom. The first-order chi connectivity index (χ1) is 9.81. The number of Topliss-reactive ketones (excluding diaryl/α,β-unsaturated/α-hetero) is 1. The number of piperidine rings is 1. The van der Waals surface area contributed by atoms with Crippen LogP contribution in [0.25, 0.3) is 0 Å². The molecule has 1 aliphatic heterocycles. The van der Waals surface area contributed by atoms with Gasteiger partial charge in [0.15, 0.2) is 5.78 Å². The van der Waals surface area contributed by atoms with Crippen LogP contribution in [-0.4, -0.2) is 48.6 Å². The van der Waals surface area contributed by atoms with E-state index in [1.165, 1.54) is 10.6 Å². The van der Waals surface area contributed by atoms with Crippen molar-refractivity contribution in [2.75, 3.05) is 19.3 Å². The second-order valence-electron chi connectivity index (χ2n) is 6.70. The third-order valence-corrected chi connectivity index (χ3v) is 6.14. The zero-order chi connectivity index (χ0) is 15.5. The summed E-state index contributed by atoms with van der Waals surface area (Å²) in [5.41, 5.74) is -1.16. The van der Waals surface area contributed by atoms with Gasteiger partial charge in [0.1, 0.15) is 5.60 Å². The first-order valence-corrected chi connectivity index (χ1v) is 9.87. The molecule has 1 saturated heterocycles. The fourth-order valence-electron chi connectivity index (χ4n) is 3.54. The van der Waals surface area contributed by atoms with Crippen LogP contribution in [0.1, 0.15) is 57.8 Å². The Bertz CT molecular complexity index is 466. The number of sulfonamides is 1. The van der Waals surface area contributed by atoms with Gasteiger partial charge in [-0.2, -0.15) is 0 Å². The molecular weight excluding hydrogens is 290 g/mol. The number of ketones is 1. The topological polar surface area (TPSA) is 74.7 Å². The maximum Gasteiger partial charge on any atom is 0.211 e. The molecule has 6 heteroatoms. The Morgan fingerprint density at radius 3 is 2.38 bits per heavy atom. The summed E-state index contributed by atoms with van der Waals surface area (Å²) in [6, 6.07) is 0. The molecule has 5 nitrogen and oxygen atoms in total. The quantitative estimate of drug-likeness (QED) is 0.801. The predicted molar refractivity (Wildman–Crippen MR) is 81.4 cm³/mol. The molecular formula is C15H27NO4S. The van der Waals surface area contributed by atoms with Gasteiger partial charge in [-0.1, -0.05) is 25.7 Å². The monoisotopic (exact) mass is 317 g/mol. The zero-order valence-corrected chi connectivity index (χ0v) is 13.7. The van der Waals surface area contributed by atoms with Crippen molar-refractivity contribution in [1.29, 1.82) is 0 Å². The molecule has 1 aliphatic carbocycles. The largest absolute Gasteiger partial charge is 0.382 e. The van der Waals surface area contributed by atoms with Crippen LogP contribution in [0.5, 0.6) is 0 Å². The van der Waals surface area contributed by atoms with Gasteiger partial charge in [0.25, 0.3) is 0 Å². The lowest BCUT2D eigenvalue weighted by Gasteiger charge is -2.33. The minimum absolute atomic E-state index is 0.0493. The highest BCUT2D eigenvalue weighted by molar-refractivity contribution is 7.88. The van der Waals surface area contributed by atoms with Crippen molar-refractivity contribution in [2.24, 2.45) is 5.92 Å². The smallest absolute Gasteiger partial charge is 0.211 e. The Hall–Kier alpha value is -0.460. The zero-order valence-electron chi connectivity index (χ0n) is 12.9. The van der Waals surface area contributed by atoms with Crippen LogP contribution in [0, 0.1) is 5.92 Å². The number of hydrogen-bond acceptors (Lipinski definition) is 4. The lowest BCUT2D eigenvalue weighted by atomic mass is 9.83. The molecule has 21 heavy (non-hydrogen) atoms. The average Bonchev–Trinajstić information content (AvgIpc) is 2.64. The molecule has 0 aromatic rings. The van der Waals surface area contributed by atoms with Gasteiger partial charge in [0.05, 0.1) is 6.26 Å². The van der Waals surface area contributed by atoms with Crippen molar-refractivity contribution in [1.82, 2.24) is 4.31 Å². The molecule has 0 bridgehead atoms. The van der Waals surface area contributed by atoms with E-state index in [4.69, 9.17) is 0 Å². The predicted octanol–water partition coefficient (Wildman–Crippen LogP) is 1.70. The third-order valence-electron chi connectivity index (χ3n) is 4.87. The summed E-state index contributed by atoms with van der Waals surface area (Å²) in [6.45, 7) is 0.967. The number of nitrogens with zero attached hydrogens (tertiary/aromatic N) is 1. The molecule has 2 rings (SSSR count). The van der Waals surface area contributed by atoms with Gasteiger partial charge in [-0.15, -0.1) is 0 Å². The van der Waals surface area contributed by atoms with Crippen LogP contribution in [0.2, 0.25) is 0 Å². The molecule has 0 aromatic heterocycles. The summed E-state index contributed by atoms with van der Waals surface area (Å²) >= 11 is 0. The van der Waals surface area contributed by atoms with E-state index in [9.17, 15) is 18.3 Å². The van der Waals surface area contributed by atoms with Crippen LogP contribution in [-0.2, 0) is 14.8 Å². The average molecular weight is 317 g/mol. The van der Waals surface area contributed by atoms with Gasteiger partial charge in [-0.3, -0.25) is 4.79 Å². The van der Waals surface area contributed by atoms with E-state index in [0.717, 1.165) is 38.5 Å². The minimum atomic E-state index is -3.18. The summed E-state index contributed by atoms with van der Waals surface area (Å²) in [7, 11) is -3.18. The van der Waals surface area contributed by atoms with Crippen molar-refractivity contribution >= 4 is 15.8 Å². The molecule has 0 spiro atoms. The molecule has 1 saturated carbocycles. The molecule has 1 heterocycles. The van der Waals surface area contributed by atoms with Gasteiger partial charge in [0, 0.05) is 19.5 Å². The standard InChI is InChI=1S/C15H27NO4S/c1-21(19,20)16-10-6-7-13(12-16)11-14(17)15(18)8-4-2-3-5-9-15/h13,18H,2-12H2,1H3. The van der Waals surface area contributed by atoms with E-state index >= 15 is 0 Å². The maximum atomic E-state index is 12.5. The summed E-state index contributed by atoms with van der Waals surface area (Å²) < 4.78 is 24.7. The molecule has 0 aromatic carbocycles. The van der Waals surface area contributed by atoms with Gasteiger partial charge in [-0.05, 0) is 31.6 Å². The van der Waals surface area contributed by atoms with Crippen molar-refractivity contribution in [2.45, 2.75) is 63.4 Å². The molecule has 1 N–H and O–H groups in total. The van der Waals surface area contributed by atoms with E-state index in [1.807, 2.05) is 0 Å². The highest BCUT2D eigenvalue weighted by Gasteiger charge is 2.38. The fourth-order valence-corrected chi connectivity index (χ4v) is 4.48. The van der Waals surface area contributed by atoms with Crippen LogP contribution >= 0.6 is 0 Å². The minimum Gasteiger partial charge on any atom is -0.382 e. The second-order valence-corrected chi connectivity index (χ2v) is 8.68. The van der Waals surface area contributed by atoms with Crippen LogP contribution in [0.3, 0.4) is 0 Å². The fraction of sp³-hybridized carbons (Fsp3) is 0.933. The van der Waals surface area contributed by atoms with Crippen molar-refractivity contribution < 1.29 is 18.3 Å². The number of rotatable bonds is 4. The van der Waals surface area contributed by atoms with E-state index < -0.39 is 15.6 Å². The molecule has 2 fully saturated rings. The van der Waals surface area contributed by atoms with Crippen molar-refractivity contribution in [3.05, 3.63) is 0 Å². The highest BCUT2D eigenvalue weighted by atomic mass is 32.2. The second kappa shape index (κ2) is 6.75. The maximum absolute atomic E-state index is 12.5. The van der Waals surface area contributed by atoms with Gasteiger partial charge in [0.2, 0.25) is 10.0 Å². The molecule has 0 amide bonds. The van der Waals surface area contributed by atoms with E-state index in [1.54, 1.807) is 0 Å². The molecule has 1 atom stereocenters. The number of carbonyl (C=O) groups is 1. The van der Waals surface area contributed by atoms with Crippen LogP contribution < -0.4 is 0 Å². The van der Waals surface area contributed by atoms with E-state index in [2.05, 4.69) is 0 Å². The van der Waals surface area contributed by atoms with Crippen molar-refractivity contribution in [3.63, 3.8) is 0 Å². The summed E-state index contributed by atoms with van der Waals surface area (Å²) in [5.74, 6) is -0.0296. The SMILES string of the molecule is CS(=O)(=O)N1CCCC(CC(=O)C2(O)CCCCCC2)C1. The van der Waals surface area contributed by atoms with Crippen LogP contribution in [0.15, 0.2) is 0 Å². The summed E-state index contributed by atoms with van der Waals surface area (Å²) in [5, 5.41) is 10.6. The Kier molecular flexibility index (Phi) is 5.43. The number of carbonyl (C=O) groups excluding carboxylic acids is 1. The Labute approximate surface area is 127 Å². The number of hydrogen-bond donors (Lipinski definition) is 1. The van der Waals surface area contributed by atoms with Crippen molar-refractivity contribution in [3.8, 4) is 0 Å². The summed E-state index contributed by atoms with van der Waals surface area (Å²) in [6.07, 6.45) is 8.30. The lowest BCUT2D eigenvalue weighted by molar-refractivity contribution is -0.140. The first kappa shape index (κ1) is 16.9. The van der Waals surface area contributed by atoms with Gasteiger partial charge in [-0.25, -0.2) is 12.7 Å². The molecule has 2 aliphatic rings. The van der Waals surface area contributed by atoms with Crippen LogP contribution in [0.4, 0.5) is 0 Å². The molecule has 0 radical (unpaired) electrons. The number of aliphatic hydroxyl groups is 1. The third kappa shape index (κ3) is 4.50. The van der Waals surface area contributed by atoms with Gasteiger partial charge >= 0.3 is 0 Å².